The van der Waals surface area contributed by atoms with Crippen LogP contribution in [-0.4, -0.2) is 62.9 Å². The molecule has 1 aromatic rings. The SMILES string of the molecule is CCOC(=O)/C=C1\SCC(=O)N1CCOC(=O)c1ccc(S(C)(=O)=O)cc1. The molecule has 0 aromatic heterocycles. The van der Waals surface area contributed by atoms with Gasteiger partial charge >= 0.3 is 11.9 Å². The summed E-state index contributed by atoms with van der Waals surface area (Å²) >= 11 is 1.21. The van der Waals surface area contributed by atoms with Crippen molar-refractivity contribution in [2.45, 2.75) is 11.8 Å². The lowest BCUT2D eigenvalue weighted by Crippen LogP contribution is -2.29. The maximum absolute atomic E-state index is 12.0. The molecule has 0 aliphatic carbocycles. The second-order valence-electron chi connectivity index (χ2n) is 5.50. The zero-order chi connectivity index (χ0) is 20.0. The number of carbonyl (C=O) groups is 3. The average Bonchev–Trinajstić information content (AvgIpc) is 2.94. The highest BCUT2D eigenvalue weighted by molar-refractivity contribution is 8.04. The van der Waals surface area contributed by atoms with Gasteiger partial charge in [-0.05, 0) is 31.2 Å². The third-order valence-corrected chi connectivity index (χ3v) is 5.66. The van der Waals surface area contributed by atoms with Crippen LogP contribution in [-0.2, 0) is 28.9 Å². The van der Waals surface area contributed by atoms with Crippen LogP contribution < -0.4 is 0 Å². The van der Waals surface area contributed by atoms with E-state index >= 15 is 0 Å². The first kappa shape index (κ1) is 21.0. The van der Waals surface area contributed by atoms with Gasteiger partial charge < -0.3 is 14.4 Å². The molecule has 0 saturated carbocycles. The predicted molar refractivity (Wildman–Crippen MR) is 98.7 cm³/mol. The van der Waals surface area contributed by atoms with Crippen LogP contribution in [0, 0.1) is 0 Å². The molecule has 0 spiro atoms. The quantitative estimate of drug-likeness (QED) is 0.485. The molecule has 1 heterocycles. The van der Waals surface area contributed by atoms with E-state index in [1.807, 2.05) is 0 Å². The minimum Gasteiger partial charge on any atom is -0.463 e. The molecule has 10 heteroatoms. The van der Waals surface area contributed by atoms with Crippen molar-refractivity contribution in [2.24, 2.45) is 0 Å². The second kappa shape index (κ2) is 9.05. The van der Waals surface area contributed by atoms with Gasteiger partial charge in [0.1, 0.15) is 6.61 Å². The fourth-order valence-electron chi connectivity index (χ4n) is 2.20. The van der Waals surface area contributed by atoms with Crippen molar-refractivity contribution < 1.29 is 32.3 Å². The zero-order valence-electron chi connectivity index (χ0n) is 14.8. The largest absolute Gasteiger partial charge is 0.463 e. The van der Waals surface area contributed by atoms with Crippen LogP contribution in [0.15, 0.2) is 40.3 Å². The summed E-state index contributed by atoms with van der Waals surface area (Å²) in [5, 5.41) is 0.451. The summed E-state index contributed by atoms with van der Waals surface area (Å²) in [6.07, 6.45) is 2.32. The van der Waals surface area contributed by atoms with Gasteiger partial charge in [-0.1, -0.05) is 11.8 Å². The van der Waals surface area contributed by atoms with Crippen LogP contribution in [0.1, 0.15) is 17.3 Å². The normalized spacial score (nSPS) is 15.9. The Balaban J connectivity index is 1.93. The number of sulfone groups is 1. The lowest BCUT2D eigenvalue weighted by atomic mass is 10.2. The van der Waals surface area contributed by atoms with Gasteiger partial charge in [-0.3, -0.25) is 4.79 Å². The van der Waals surface area contributed by atoms with Crippen LogP contribution >= 0.6 is 11.8 Å². The summed E-state index contributed by atoms with van der Waals surface area (Å²) in [4.78, 5) is 37.0. The molecular weight excluding hydrogens is 394 g/mol. The van der Waals surface area contributed by atoms with Gasteiger partial charge in [0.25, 0.3) is 0 Å². The highest BCUT2D eigenvalue weighted by atomic mass is 32.2. The molecule has 27 heavy (non-hydrogen) atoms. The van der Waals surface area contributed by atoms with Crippen molar-refractivity contribution in [1.82, 2.24) is 4.90 Å². The first-order valence-corrected chi connectivity index (χ1v) is 10.9. The van der Waals surface area contributed by atoms with Gasteiger partial charge in [0, 0.05) is 6.26 Å². The number of benzene rings is 1. The molecule has 1 aliphatic rings. The Bertz CT molecular complexity index is 860. The fraction of sp³-hybridized carbons (Fsp3) is 0.353. The smallest absolute Gasteiger partial charge is 0.338 e. The van der Waals surface area contributed by atoms with E-state index in [1.165, 1.54) is 47.0 Å². The van der Waals surface area contributed by atoms with Crippen LogP contribution in [0.3, 0.4) is 0 Å². The Labute approximate surface area is 161 Å². The van der Waals surface area contributed by atoms with Crippen molar-refractivity contribution in [2.75, 3.05) is 31.8 Å². The van der Waals surface area contributed by atoms with E-state index in [0.29, 0.717) is 5.03 Å². The van der Waals surface area contributed by atoms with E-state index in [1.54, 1.807) is 6.92 Å². The van der Waals surface area contributed by atoms with E-state index in [0.717, 1.165) is 6.26 Å². The van der Waals surface area contributed by atoms with Gasteiger partial charge in [0.2, 0.25) is 5.91 Å². The van der Waals surface area contributed by atoms with Gasteiger partial charge in [-0.25, -0.2) is 18.0 Å². The predicted octanol–water partition coefficient (Wildman–Crippen LogP) is 1.23. The number of nitrogens with zero attached hydrogens (tertiary/aromatic N) is 1. The summed E-state index contributed by atoms with van der Waals surface area (Å²) in [6, 6.07) is 5.38. The summed E-state index contributed by atoms with van der Waals surface area (Å²) < 4.78 is 32.8. The number of ether oxygens (including phenoxy) is 2. The highest BCUT2D eigenvalue weighted by Gasteiger charge is 2.27. The fourth-order valence-corrected chi connectivity index (χ4v) is 3.79. The standard InChI is InChI=1S/C17H19NO7S2/c1-3-24-16(20)10-15-18(14(19)11-26-15)8-9-25-17(21)12-4-6-13(7-5-12)27(2,22)23/h4-7,10H,3,8-9,11H2,1-2H3/b15-10-. The Kier molecular flexibility index (Phi) is 7.03. The van der Waals surface area contributed by atoms with Crippen molar-refractivity contribution in [3.8, 4) is 0 Å². The Hall–Kier alpha value is -2.33. The molecule has 0 bridgehead atoms. The first-order valence-electron chi connectivity index (χ1n) is 8.01. The monoisotopic (exact) mass is 413 g/mol. The zero-order valence-corrected chi connectivity index (χ0v) is 16.5. The molecule has 1 aliphatic heterocycles. The second-order valence-corrected chi connectivity index (χ2v) is 8.51. The van der Waals surface area contributed by atoms with E-state index in [2.05, 4.69) is 0 Å². The first-order chi connectivity index (χ1) is 12.7. The third-order valence-electron chi connectivity index (χ3n) is 3.50. The number of carbonyl (C=O) groups excluding carboxylic acids is 3. The molecule has 1 amide bonds. The molecule has 0 radical (unpaired) electrons. The minimum absolute atomic E-state index is 0.0703. The summed E-state index contributed by atoms with van der Waals surface area (Å²) in [5.41, 5.74) is 0.201. The number of rotatable bonds is 7. The molecule has 1 saturated heterocycles. The maximum Gasteiger partial charge on any atom is 0.338 e. The molecule has 0 N–H and O–H groups in total. The number of hydrogen-bond acceptors (Lipinski definition) is 8. The topological polar surface area (TPSA) is 107 Å². The number of thioether (sulfide) groups is 1. The van der Waals surface area contributed by atoms with E-state index in [4.69, 9.17) is 9.47 Å². The van der Waals surface area contributed by atoms with Crippen molar-refractivity contribution in [3.63, 3.8) is 0 Å². The molecule has 0 unspecified atom stereocenters. The van der Waals surface area contributed by atoms with Gasteiger partial charge in [0.15, 0.2) is 9.84 Å². The van der Waals surface area contributed by atoms with Crippen molar-refractivity contribution in [3.05, 3.63) is 40.9 Å². The Morgan fingerprint density at radius 1 is 1.22 bits per heavy atom. The van der Waals surface area contributed by atoms with Crippen molar-refractivity contribution in [1.29, 1.82) is 0 Å². The molecule has 2 rings (SSSR count). The van der Waals surface area contributed by atoms with Crippen LogP contribution in [0.4, 0.5) is 0 Å². The summed E-state index contributed by atoms with van der Waals surface area (Å²) in [6.45, 7) is 1.95. The van der Waals surface area contributed by atoms with E-state index < -0.39 is 21.8 Å². The van der Waals surface area contributed by atoms with Gasteiger partial charge in [0.05, 0.1) is 40.5 Å². The number of amides is 1. The number of hydrogen-bond donors (Lipinski definition) is 0. The lowest BCUT2D eigenvalue weighted by Gasteiger charge is -2.16. The van der Waals surface area contributed by atoms with Crippen molar-refractivity contribution >= 4 is 39.4 Å². The maximum atomic E-state index is 12.0. The molecule has 0 atom stereocenters. The van der Waals surface area contributed by atoms with Crippen LogP contribution in [0.25, 0.3) is 0 Å². The van der Waals surface area contributed by atoms with Crippen LogP contribution in [0.5, 0.6) is 0 Å². The number of esters is 2. The average molecular weight is 413 g/mol. The summed E-state index contributed by atoms with van der Waals surface area (Å²) in [7, 11) is -3.34. The molecule has 1 aromatic carbocycles. The van der Waals surface area contributed by atoms with Gasteiger partial charge in [-0.2, -0.15) is 0 Å². The van der Waals surface area contributed by atoms with E-state index in [-0.39, 0.29) is 41.9 Å². The minimum atomic E-state index is -3.34. The van der Waals surface area contributed by atoms with Crippen LogP contribution in [0.2, 0.25) is 0 Å². The lowest BCUT2D eigenvalue weighted by molar-refractivity contribution is -0.137. The molecule has 1 fully saturated rings. The summed E-state index contributed by atoms with van der Waals surface area (Å²) in [5.74, 6) is -1.16. The van der Waals surface area contributed by atoms with Gasteiger partial charge in [-0.15, -0.1) is 0 Å². The Morgan fingerprint density at radius 2 is 1.89 bits per heavy atom. The van der Waals surface area contributed by atoms with E-state index in [9.17, 15) is 22.8 Å². The third kappa shape index (κ3) is 5.83. The molecular formula is C17H19NO7S2. The molecule has 8 nitrogen and oxygen atoms in total. The molecule has 146 valence electrons. The Morgan fingerprint density at radius 3 is 2.48 bits per heavy atom. The highest BCUT2D eigenvalue weighted by Crippen LogP contribution is 2.28.